The highest BCUT2D eigenvalue weighted by Crippen LogP contribution is 2.40. The number of benzene rings is 5. The molecule has 6 aromatic rings. The third-order valence-corrected chi connectivity index (χ3v) is 9.38. The molecular weight excluding hydrogens is 627 g/mol. The van der Waals surface area contributed by atoms with Gasteiger partial charge in [-0.1, -0.05) is 178 Å². The maximum atomic E-state index is 4.27. The van der Waals surface area contributed by atoms with Crippen molar-refractivity contribution in [1.29, 1.82) is 0 Å². The maximum absolute atomic E-state index is 4.27. The molecule has 5 aromatic carbocycles. The van der Waals surface area contributed by atoms with Crippen LogP contribution in [0.3, 0.4) is 0 Å². The summed E-state index contributed by atoms with van der Waals surface area (Å²) in [4.78, 5) is 0. The van der Waals surface area contributed by atoms with E-state index in [9.17, 15) is 0 Å². The Balaban J connectivity index is 0.000000979. The zero-order chi connectivity index (χ0) is 37.0. The van der Waals surface area contributed by atoms with Crippen molar-refractivity contribution in [2.45, 2.75) is 34.1 Å². The van der Waals surface area contributed by atoms with Gasteiger partial charge in [0, 0.05) is 10.9 Å². The normalized spacial score (nSPS) is 11.4. The highest BCUT2D eigenvalue weighted by Gasteiger charge is 2.22. The fraction of sp³-hybridized carbons (Fsp3) is 0.0980. The number of aromatic nitrogens is 1. The van der Waals surface area contributed by atoms with Crippen molar-refractivity contribution in [2.75, 3.05) is 0 Å². The Bertz CT molecular complexity index is 2330. The van der Waals surface area contributed by atoms with E-state index in [4.69, 9.17) is 0 Å². The van der Waals surface area contributed by atoms with E-state index < -0.39 is 0 Å². The predicted octanol–water partition coefficient (Wildman–Crippen LogP) is 14.3. The molecule has 1 heteroatoms. The highest BCUT2D eigenvalue weighted by atomic mass is 15.0. The van der Waals surface area contributed by atoms with Gasteiger partial charge in [-0.15, -0.1) is 0 Å². The Morgan fingerprint density at radius 1 is 0.692 bits per heavy atom. The summed E-state index contributed by atoms with van der Waals surface area (Å²) in [5.74, 6) is 0. The van der Waals surface area contributed by atoms with Crippen LogP contribution in [0.5, 0.6) is 0 Å². The topological polar surface area (TPSA) is 4.93 Å². The molecule has 0 saturated carbocycles. The Morgan fingerprint density at radius 3 is 2.13 bits per heavy atom. The first kappa shape index (κ1) is 37.1. The molecule has 0 aliphatic rings. The third-order valence-electron chi connectivity index (χ3n) is 9.38. The number of rotatable bonds is 11. The first-order chi connectivity index (χ1) is 25.3. The monoisotopic (exact) mass is 675 g/mol. The molecule has 0 unspecified atom stereocenters. The quantitative estimate of drug-likeness (QED) is 0.120. The van der Waals surface area contributed by atoms with Gasteiger partial charge in [-0.2, -0.15) is 0 Å². The van der Waals surface area contributed by atoms with E-state index in [1.807, 2.05) is 43.4 Å². The summed E-state index contributed by atoms with van der Waals surface area (Å²) in [6.07, 6.45) is 18.6. The predicted molar refractivity (Wildman–Crippen MR) is 231 cm³/mol. The second kappa shape index (κ2) is 17.7. The van der Waals surface area contributed by atoms with Crippen LogP contribution in [0.4, 0.5) is 0 Å². The number of fused-ring (bicyclic) bond motifs is 1. The molecule has 0 fully saturated rings. The number of allylic oxidation sites excluding steroid dienone is 8. The molecule has 0 aliphatic carbocycles. The summed E-state index contributed by atoms with van der Waals surface area (Å²) in [7, 11) is 0. The van der Waals surface area contributed by atoms with E-state index in [0.29, 0.717) is 0 Å². The molecule has 52 heavy (non-hydrogen) atoms. The molecule has 0 N–H and O–H groups in total. The van der Waals surface area contributed by atoms with Gasteiger partial charge in [0.15, 0.2) is 0 Å². The van der Waals surface area contributed by atoms with Gasteiger partial charge in [-0.3, -0.25) is 0 Å². The molecular formula is C51H49N. The van der Waals surface area contributed by atoms with Crippen molar-refractivity contribution in [3.63, 3.8) is 0 Å². The molecule has 0 aliphatic heterocycles. The molecule has 0 amide bonds. The van der Waals surface area contributed by atoms with Crippen LogP contribution >= 0.6 is 0 Å². The minimum Gasteiger partial charge on any atom is -0.309 e. The van der Waals surface area contributed by atoms with Crippen molar-refractivity contribution in [3.8, 4) is 28.1 Å². The molecule has 258 valence electrons. The molecule has 0 atom stereocenters. The highest BCUT2D eigenvalue weighted by molar-refractivity contribution is 5.95. The summed E-state index contributed by atoms with van der Waals surface area (Å²) >= 11 is 0. The zero-order valence-corrected chi connectivity index (χ0v) is 31.1. The Morgan fingerprint density at radius 2 is 1.42 bits per heavy atom. The molecule has 1 heterocycles. The van der Waals surface area contributed by atoms with Crippen LogP contribution in [0, 0.1) is 20.8 Å². The first-order valence-corrected chi connectivity index (χ1v) is 17.8. The smallest absolute Gasteiger partial charge is 0.0572 e. The molecule has 0 bridgehead atoms. The average Bonchev–Trinajstić information content (AvgIpc) is 3.41. The van der Waals surface area contributed by atoms with Crippen LogP contribution < -0.4 is 0 Å². The van der Waals surface area contributed by atoms with Gasteiger partial charge in [0.25, 0.3) is 0 Å². The maximum Gasteiger partial charge on any atom is 0.0572 e. The van der Waals surface area contributed by atoms with Gasteiger partial charge < -0.3 is 4.57 Å². The zero-order valence-electron chi connectivity index (χ0n) is 31.1. The fourth-order valence-corrected chi connectivity index (χ4v) is 6.65. The lowest BCUT2D eigenvalue weighted by molar-refractivity contribution is 1.07. The summed E-state index contributed by atoms with van der Waals surface area (Å²) in [6, 6.07) is 39.4. The first-order valence-electron chi connectivity index (χ1n) is 17.8. The summed E-state index contributed by atoms with van der Waals surface area (Å²) < 4.78 is 2.45. The Kier molecular flexibility index (Phi) is 12.6. The van der Waals surface area contributed by atoms with E-state index in [2.05, 4.69) is 173 Å². The van der Waals surface area contributed by atoms with E-state index in [1.165, 1.54) is 49.8 Å². The molecule has 0 radical (unpaired) electrons. The number of hydrogen-bond donors (Lipinski definition) is 0. The minimum atomic E-state index is 0.849. The van der Waals surface area contributed by atoms with Crippen LogP contribution in [0.2, 0.25) is 0 Å². The van der Waals surface area contributed by atoms with Crippen LogP contribution in [-0.2, 0) is 6.42 Å². The fourth-order valence-electron chi connectivity index (χ4n) is 6.65. The van der Waals surface area contributed by atoms with E-state index in [0.717, 1.165) is 40.1 Å². The molecule has 1 nitrogen and oxygen atoms in total. The van der Waals surface area contributed by atoms with Crippen molar-refractivity contribution in [1.82, 2.24) is 4.57 Å². The average molecular weight is 676 g/mol. The Labute approximate surface area is 311 Å². The number of nitrogens with zero attached hydrogens (tertiary/aromatic N) is 1. The summed E-state index contributed by atoms with van der Waals surface area (Å²) in [5.41, 5.74) is 15.3. The lowest BCUT2D eigenvalue weighted by Crippen LogP contribution is -2.02. The van der Waals surface area contributed by atoms with E-state index in [-0.39, 0.29) is 0 Å². The molecule has 6 rings (SSSR count). The molecule has 0 saturated heterocycles. The van der Waals surface area contributed by atoms with Crippen molar-refractivity contribution >= 4 is 28.5 Å². The SMILES string of the molecule is C=C/C=C\C.C=C/C=C\Cc1cccc(/C(C=C)=C/c2c(C)c(C)c(-c3ccc(-c4cccc(C)c4)cc3C=C)n2-c2cccc3ccccc23)c1. The molecule has 1 aromatic heterocycles. The second-order valence-electron chi connectivity index (χ2n) is 12.8. The van der Waals surface area contributed by atoms with Gasteiger partial charge in [-0.25, -0.2) is 0 Å². The van der Waals surface area contributed by atoms with Crippen molar-refractivity contribution in [3.05, 3.63) is 217 Å². The summed E-state index contributed by atoms with van der Waals surface area (Å²) in [5, 5.41) is 2.41. The van der Waals surface area contributed by atoms with Gasteiger partial charge in [0.2, 0.25) is 0 Å². The van der Waals surface area contributed by atoms with Crippen LogP contribution in [0.15, 0.2) is 178 Å². The van der Waals surface area contributed by atoms with E-state index >= 15 is 0 Å². The van der Waals surface area contributed by atoms with Gasteiger partial charge in [-0.05, 0) is 102 Å². The van der Waals surface area contributed by atoms with Gasteiger partial charge in [0.1, 0.15) is 0 Å². The van der Waals surface area contributed by atoms with Gasteiger partial charge in [0.05, 0.1) is 17.1 Å². The third kappa shape index (κ3) is 8.23. The lowest BCUT2D eigenvalue weighted by atomic mass is 9.95. The van der Waals surface area contributed by atoms with Crippen molar-refractivity contribution < 1.29 is 0 Å². The van der Waals surface area contributed by atoms with E-state index in [1.54, 1.807) is 6.08 Å². The minimum absolute atomic E-state index is 0.849. The van der Waals surface area contributed by atoms with Gasteiger partial charge >= 0.3 is 0 Å². The second-order valence-corrected chi connectivity index (χ2v) is 12.8. The van der Waals surface area contributed by atoms with Crippen molar-refractivity contribution in [2.24, 2.45) is 0 Å². The Hall–Kier alpha value is -6.18. The number of hydrogen-bond acceptors (Lipinski definition) is 0. The van der Waals surface area contributed by atoms with Crippen LogP contribution in [-0.4, -0.2) is 4.57 Å². The largest absolute Gasteiger partial charge is 0.309 e. The van der Waals surface area contributed by atoms with Crippen LogP contribution in [0.25, 0.3) is 56.6 Å². The standard InChI is InChI=1S/C46H41N.C5H8/c1-7-10-11-18-35-19-15-23-40(29-35)36(8-2)31-45-33(5)34(6)46(47(45)44-25-16-21-38-20-12-13-24-42(38)44)43-27-26-41(30-37(43)9-3)39-22-14-17-32(4)28-39;1-3-5-4-2/h7-17,19-31H,1-3,18H2,4-6H3;3-5H,1H2,2H3/b11-10-,36-31+;5-4-. The summed E-state index contributed by atoms with van der Waals surface area (Å²) in [6.45, 7) is 24.4. The number of aryl methyl sites for hydroxylation is 1. The molecule has 0 spiro atoms. The lowest BCUT2D eigenvalue weighted by Gasteiger charge is -2.18. The van der Waals surface area contributed by atoms with Crippen LogP contribution in [0.1, 0.15) is 46.0 Å².